The molecule has 1 aromatic heterocycles. The molecule has 19 heavy (non-hydrogen) atoms. The number of hydrogen-bond donors (Lipinski definition) is 0. The Morgan fingerprint density at radius 3 is 2.53 bits per heavy atom. The Morgan fingerprint density at radius 1 is 1.11 bits per heavy atom. The highest BCUT2D eigenvalue weighted by molar-refractivity contribution is 5.53. The SMILES string of the molecule is N#Cc1cccnc1N1CCC2(CCCCC2)CC1. The molecule has 2 heterocycles. The molecular formula is C16H21N3. The molecule has 0 atom stereocenters. The first-order chi connectivity index (χ1) is 9.33. The molecule has 0 radical (unpaired) electrons. The lowest BCUT2D eigenvalue weighted by Gasteiger charge is -2.44. The number of anilines is 1. The van der Waals surface area contributed by atoms with Crippen molar-refractivity contribution < 1.29 is 0 Å². The third kappa shape index (κ3) is 2.45. The Morgan fingerprint density at radius 2 is 1.84 bits per heavy atom. The predicted octanol–water partition coefficient (Wildman–Crippen LogP) is 3.50. The molecule has 0 unspecified atom stereocenters. The minimum Gasteiger partial charge on any atom is -0.355 e. The van der Waals surface area contributed by atoms with Gasteiger partial charge in [0, 0.05) is 19.3 Å². The van der Waals surface area contributed by atoms with Crippen molar-refractivity contribution in [3.63, 3.8) is 0 Å². The van der Waals surface area contributed by atoms with Gasteiger partial charge in [-0.3, -0.25) is 0 Å². The molecule has 3 rings (SSSR count). The van der Waals surface area contributed by atoms with E-state index in [2.05, 4.69) is 16.0 Å². The van der Waals surface area contributed by atoms with Gasteiger partial charge in [0.2, 0.25) is 0 Å². The van der Waals surface area contributed by atoms with Crippen molar-refractivity contribution >= 4 is 5.82 Å². The quantitative estimate of drug-likeness (QED) is 0.771. The molecule has 100 valence electrons. The lowest BCUT2D eigenvalue weighted by molar-refractivity contribution is 0.144. The Hall–Kier alpha value is -1.56. The van der Waals surface area contributed by atoms with Crippen LogP contribution >= 0.6 is 0 Å². The van der Waals surface area contributed by atoms with Crippen LogP contribution in [0.25, 0.3) is 0 Å². The van der Waals surface area contributed by atoms with E-state index < -0.39 is 0 Å². The van der Waals surface area contributed by atoms with Gasteiger partial charge >= 0.3 is 0 Å². The summed E-state index contributed by atoms with van der Waals surface area (Å²) in [7, 11) is 0. The standard InChI is InChI=1S/C16H21N3/c17-13-14-5-4-10-18-15(14)19-11-8-16(9-12-19)6-2-1-3-7-16/h4-5,10H,1-3,6-9,11-12H2. The fourth-order valence-electron chi connectivity index (χ4n) is 3.73. The third-order valence-corrected chi connectivity index (χ3v) is 4.94. The maximum absolute atomic E-state index is 9.17. The highest BCUT2D eigenvalue weighted by atomic mass is 15.2. The zero-order valence-electron chi connectivity index (χ0n) is 11.4. The second-order valence-electron chi connectivity index (χ2n) is 6.03. The first-order valence-corrected chi connectivity index (χ1v) is 7.43. The van der Waals surface area contributed by atoms with Gasteiger partial charge in [0.1, 0.15) is 11.9 Å². The van der Waals surface area contributed by atoms with E-state index in [1.54, 1.807) is 6.20 Å². The van der Waals surface area contributed by atoms with Crippen molar-refractivity contribution in [2.24, 2.45) is 5.41 Å². The highest BCUT2D eigenvalue weighted by Crippen LogP contribution is 2.45. The summed E-state index contributed by atoms with van der Waals surface area (Å²) in [6.45, 7) is 2.12. The van der Waals surface area contributed by atoms with Gasteiger partial charge < -0.3 is 4.90 Å². The van der Waals surface area contributed by atoms with Gasteiger partial charge in [-0.2, -0.15) is 5.26 Å². The molecular weight excluding hydrogens is 234 g/mol. The van der Waals surface area contributed by atoms with Gasteiger partial charge in [-0.15, -0.1) is 0 Å². The molecule has 0 N–H and O–H groups in total. The summed E-state index contributed by atoms with van der Waals surface area (Å²) in [5.74, 6) is 0.885. The Kier molecular flexibility index (Phi) is 3.42. The average molecular weight is 255 g/mol. The molecule has 1 saturated carbocycles. The van der Waals surface area contributed by atoms with Crippen molar-refractivity contribution in [1.82, 2.24) is 4.98 Å². The molecule has 1 spiro atoms. The van der Waals surface area contributed by atoms with E-state index in [0.29, 0.717) is 11.0 Å². The fraction of sp³-hybridized carbons (Fsp3) is 0.625. The van der Waals surface area contributed by atoms with Crippen molar-refractivity contribution in [3.05, 3.63) is 23.9 Å². The monoisotopic (exact) mass is 255 g/mol. The lowest BCUT2D eigenvalue weighted by Crippen LogP contribution is -2.41. The number of piperidine rings is 1. The summed E-state index contributed by atoms with van der Waals surface area (Å²) in [6, 6.07) is 5.97. The predicted molar refractivity (Wildman–Crippen MR) is 75.9 cm³/mol. The molecule has 1 aliphatic heterocycles. The molecule has 2 aliphatic rings. The van der Waals surface area contributed by atoms with Crippen LogP contribution in [-0.2, 0) is 0 Å². The van der Waals surface area contributed by atoms with Gasteiger partial charge in [0.15, 0.2) is 0 Å². The maximum Gasteiger partial charge on any atom is 0.146 e. The van der Waals surface area contributed by atoms with Crippen molar-refractivity contribution in [1.29, 1.82) is 5.26 Å². The minimum atomic E-state index is 0.607. The summed E-state index contributed by atoms with van der Waals surface area (Å²) in [6.07, 6.45) is 11.4. The second kappa shape index (κ2) is 5.21. The molecule has 3 heteroatoms. The van der Waals surface area contributed by atoms with Gasteiger partial charge in [-0.25, -0.2) is 4.98 Å². The van der Waals surface area contributed by atoms with Gasteiger partial charge in [0.25, 0.3) is 0 Å². The smallest absolute Gasteiger partial charge is 0.146 e. The van der Waals surface area contributed by atoms with Gasteiger partial charge in [0.05, 0.1) is 5.56 Å². The molecule has 3 nitrogen and oxygen atoms in total. The van der Waals surface area contributed by atoms with Crippen LogP contribution in [-0.4, -0.2) is 18.1 Å². The zero-order chi connectivity index (χ0) is 13.1. The van der Waals surface area contributed by atoms with Gasteiger partial charge in [-0.1, -0.05) is 19.3 Å². The summed E-state index contributed by atoms with van der Waals surface area (Å²) >= 11 is 0. The van der Waals surface area contributed by atoms with Crippen LogP contribution in [0.5, 0.6) is 0 Å². The molecule has 1 saturated heterocycles. The summed E-state index contributed by atoms with van der Waals surface area (Å²) in [4.78, 5) is 6.71. The van der Waals surface area contributed by atoms with Crippen molar-refractivity contribution in [2.75, 3.05) is 18.0 Å². The maximum atomic E-state index is 9.17. The molecule has 0 bridgehead atoms. The summed E-state index contributed by atoms with van der Waals surface area (Å²) in [5, 5.41) is 9.17. The van der Waals surface area contributed by atoms with Crippen molar-refractivity contribution in [3.8, 4) is 6.07 Å². The lowest BCUT2D eigenvalue weighted by atomic mass is 9.68. The number of pyridine rings is 1. The summed E-state index contributed by atoms with van der Waals surface area (Å²) in [5.41, 5.74) is 1.32. The Labute approximate surface area is 115 Å². The van der Waals surface area contributed by atoms with Crippen LogP contribution in [0.15, 0.2) is 18.3 Å². The molecule has 1 aromatic rings. The van der Waals surface area contributed by atoms with Crippen LogP contribution in [0.1, 0.15) is 50.5 Å². The number of aromatic nitrogens is 1. The number of nitrogens with zero attached hydrogens (tertiary/aromatic N) is 3. The van der Waals surface area contributed by atoms with Crippen LogP contribution in [0.2, 0.25) is 0 Å². The topological polar surface area (TPSA) is 39.9 Å². The number of nitriles is 1. The third-order valence-electron chi connectivity index (χ3n) is 4.94. The number of hydrogen-bond acceptors (Lipinski definition) is 3. The molecule has 0 aromatic carbocycles. The highest BCUT2D eigenvalue weighted by Gasteiger charge is 2.36. The first kappa shape index (κ1) is 12.5. The van der Waals surface area contributed by atoms with E-state index in [4.69, 9.17) is 0 Å². The van der Waals surface area contributed by atoms with Crippen LogP contribution < -0.4 is 4.90 Å². The van der Waals surface area contributed by atoms with E-state index in [1.165, 1.54) is 44.9 Å². The van der Waals surface area contributed by atoms with Crippen LogP contribution in [0.4, 0.5) is 5.82 Å². The van der Waals surface area contributed by atoms with E-state index in [9.17, 15) is 5.26 Å². The second-order valence-corrected chi connectivity index (χ2v) is 6.03. The van der Waals surface area contributed by atoms with E-state index in [-0.39, 0.29) is 0 Å². The largest absolute Gasteiger partial charge is 0.355 e. The first-order valence-electron chi connectivity index (χ1n) is 7.43. The average Bonchev–Trinajstić information content (AvgIpc) is 2.49. The normalized spacial score (nSPS) is 22.2. The van der Waals surface area contributed by atoms with E-state index in [0.717, 1.165) is 18.9 Å². The van der Waals surface area contributed by atoms with Crippen molar-refractivity contribution in [2.45, 2.75) is 44.9 Å². The Balaban J connectivity index is 1.71. The zero-order valence-corrected chi connectivity index (χ0v) is 11.4. The minimum absolute atomic E-state index is 0.607. The van der Waals surface area contributed by atoms with Gasteiger partial charge in [-0.05, 0) is 43.2 Å². The number of rotatable bonds is 1. The molecule has 2 fully saturated rings. The molecule has 1 aliphatic carbocycles. The summed E-state index contributed by atoms with van der Waals surface area (Å²) < 4.78 is 0. The Bertz CT molecular complexity index is 473. The fourth-order valence-corrected chi connectivity index (χ4v) is 3.73. The van der Waals surface area contributed by atoms with Crippen LogP contribution in [0.3, 0.4) is 0 Å². The molecule has 0 amide bonds. The van der Waals surface area contributed by atoms with E-state index in [1.807, 2.05) is 12.1 Å². The van der Waals surface area contributed by atoms with E-state index >= 15 is 0 Å². The van der Waals surface area contributed by atoms with Crippen LogP contribution in [0, 0.1) is 16.7 Å².